The van der Waals surface area contributed by atoms with E-state index in [-0.39, 0.29) is 25.6 Å². The standard InChI is InChI=1S/C19H20F3N3O3/c20-19(21,22)17-12-5-1-2-6-13(12)25(24-17)10-9-23-18(26)16-11-27-14-7-3-4-8-15(14)28-16/h3-4,7-8,16H,1-2,5-6,9-11H2,(H,23,26)/t16-/m1/s1. The van der Waals surface area contributed by atoms with Crippen molar-refractivity contribution in [3.05, 3.63) is 41.2 Å². The molecule has 0 radical (unpaired) electrons. The number of ether oxygens (including phenoxy) is 2. The van der Waals surface area contributed by atoms with E-state index in [1.165, 1.54) is 4.68 Å². The summed E-state index contributed by atoms with van der Waals surface area (Å²) in [6.07, 6.45) is -2.72. The first-order valence-corrected chi connectivity index (χ1v) is 9.25. The van der Waals surface area contributed by atoms with Gasteiger partial charge in [0.1, 0.15) is 6.61 Å². The number of hydrogen-bond donors (Lipinski definition) is 1. The zero-order chi connectivity index (χ0) is 19.7. The van der Waals surface area contributed by atoms with Crippen molar-refractivity contribution in [3.63, 3.8) is 0 Å². The van der Waals surface area contributed by atoms with Crippen LogP contribution >= 0.6 is 0 Å². The van der Waals surface area contributed by atoms with E-state index in [1.807, 2.05) is 6.07 Å². The molecule has 0 unspecified atom stereocenters. The SMILES string of the molecule is O=C(NCCn1nc(C(F)(F)F)c2c1CCCC2)[C@H]1COc2ccccc2O1. The molecule has 2 heterocycles. The zero-order valence-corrected chi connectivity index (χ0v) is 15.1. The normalized spacial score (nSPS) is 18.5. The van der Waals surface area contributed by atoms with Crippen LogP contribution in [0.4, 0.5) is 13.2 Å². The number of nitrogens with one attached hydrogen (secondary N) is 1. The number of carbonyl (C=O) groups excluding carboxylic acids is 1. The number of rotatable bonds is 4. The Kier molecular flexibility index (Phi) is 4.91. The van der Waals surface area contributed by atoms with Crippen LogP contribution in [-0.4, -0.2) is 34.9 Å². The Morgan fingerprint density at radius 3 is 2.75 bits per heavy atom. The Morgan fingerprint density at radius 1 is 1.21 bits per heavy atom. The van der Waals surface area contributed by atoms with Crippen molar-refractivity contribution in [3.8, 4) is 11.5 Å². The maximum absolute atomic E-state index is 13.2. The lowest BCUT2D eigenvalue weighted by Gasteiger charge is -2.25. The summed E-state index contributed by atoms with van der Waals surface area (Å²) in [6, 6.07) is 7.05. The van der Waals surface area contributed by atoms with Gasteiger partial charge < -0.3 is 14.8 Å². The molecule has 9 heteroatoms. The summed E-state index contributed by atoms with van der Waals surface area (Å²) in [5.74, 6) is 0.700. The van der Waals surface area contributed by atoms with Crippen molar-refractivity contribution in [2.45, 2.75) is 44.5 Å². The van der Waals surface area contributed by atoms with E-state index in [4.69, 9.17) is 9.47 Å². The fraction of sp³-hybridized carbons (Fsp3) is 0.474. The Morgan fingerprint density at radius 2 is 1.96 bits per heavy atom. The number of halogens is 3. The second-order valence-corrected chi connectivity index (χ2v) is 6.86. The average molecular weight is 395 g/mol. The molecule has 4 rings (SSSR count). The minimum Gasteiger partial charge on any atom is -0.485 e. The van der Waals surface area contributed by atoms with Crippen LogP contribution in [0.25, 0.3) is 0 Å². The van der Waals surface area contributed by atoms with Crippen LogP contribution in [0.2, 0.25) is 0 Å². The lowest BCUT2D eigenvalue weighted by atomic mass is 9.95. The molecule has 6 nitrogen and oxygen atoms in total. The van der Waals surface area contributed by atoms with E-state index in [2.05, 4.69) is 10.4 Å². The summed E-state index contributed by atoms with van der Waals surface area (Å²) >= 11 is 0. The molecule has 1 aromatic carbocycles. The van der Waals surface area contributed by atoms with Crippen LogP contribution < -0.4 is 14.8 Å². The number of amides is 1. The third-order valence-electron chi connectivity index (χ3n) is 4.95. The molecule has 2 aromatic rings. The molecule has 1 aromatic heterocycles. The third kappa shape index (κ3) is 3.65. The number of fused-ring (bicyclic) bond motifs is 2. The largest absolute Gasteiger partial charge is 0.485 e. The van der Waals surface area contributed by atoms with Gasteiger partial charge in [0.25, 0.3) is 5.91 Å². The average Bonchev–Trinajstić information content (AvgIpc) is 3.07. The highest BCUT2D eigenvalue weighted by molar-refractivity contribution is 5.81. The second kappa shape index (κ2) is 7.37. The van der Waals surface area contributed by atoms with Crippen molar-refractivity contribution in [1.82, 2.24) is 15.1 Å². The predicted molar refractivity (Wildman–Crippen MR) is 93.2 cm³/mol. The molecule has 0 saturated carbocycles. The van der Waals surface area contributed by atoms with Crippen LogP contribution in [0.5, 0.6) is 11.5 Å². The number of aromatic nitrogens is 2. The van der Waals surface area contributed by atoms with Gasteiger partial charge in [-0.25, -0.2) is 0 Å². The predicted octanol–water partition coefficient (Wildman–Crippen LogP) is 2.74. The quantitative estimate of drug-likeness (QED) is 0.865. The maximum Gasteiger partial charge on any atom is 0.435 e. The summed E-state index contributed by atoms with van der Waals surface area (Å²) < 4.78 is 52.2. The lowest BCUT2D eigenvalue weighted by Crippen LogP contribution is -2.44. The monoisotopic (exact) mass is 395 g/mol. The van der Waals surface area contributed by atoms with Crippen LogP contribution in [0.3, 0.4) is 0 Å². The first kappa shape index (κ1) is 18.6. The van der Waals surface area contributed by atoms with E-state index in [0.29, 0.717) is 35.6 Å². The Bertz CT molecular complexity index is 879. The molecular weight excluding hydrogens is 375 g/mol. The van der Waals surface area contributed by atoms with Crippen molar-refractivity contribution >= 4 is 5.91 Å². The topological polar surface area (TPSA) is 65.4 Å². The smallest absolute Gasteiger partial charge is 0.435 e. The first-order valence-electron chi connectivity index (χ1n) is 9.25. The zero-order valence-electron chi connectivity index (χ0n) is 15.1. The molecule has 150 valence electrons. The van der Waals surface area contributed by atoms with Crippen molar-refractivity contribution in [2.24, 2.45) is 0 Å². The Balaban J connectivity index is 1.38. The van der Waals surface area contributed by atoms with Gasteiger partial charge >= 0.3 is 6.18 Å². The first-order chi connectivity index (χ1) is 13.4. The highest BCUT2D eigenvalue weighted by Gasteiger charge is 2.39. The van der Waals surface area contributed by atoms with E-state index in [9.17, 15) is 18.0 Å². The number of para-hydroxylation sites is 2. The van der Waals surface area contributed by atoms with Gasteiger partial charge in [0.15, 0.2) is 17.2 Å². The highest BCUT2D eigenvalue weighted by Crippen LogP contribution is 2.35. The maximum atomic E-state index is 13.2. The van der Waals surface area contributed by atoms with Crippen molar-refractivity contribution in [2.75, 3.05) is 13.2 Å². The van der Waals surface area contributed by atoms with Gasteiger partial charge in [-0.3, -0.25) is 9.48 Å². The molecular formula is C19H20F3N3O3. The van der Waals surface area contributed by atoms with E-state index in [1.54, 1.807) is 18.2 Å². The summed E-state index contributed by atoms with van der Waals surface area (Å²) in [5.41, 5.74) is 0.124. The molecule has 1 amide bonds. The van der Waals surface area contributed by atoms with Crippen LogP contribution in [-0.2, 0) is 30.4 Å². The molecule has 1 atom stereocenters. The molecule has 0 fully saturated rings. The van der Waals surface area contributed by atoms with Gasteiger partial charge in [0, 0.05) is 17.8 Å². The minimum atomic E-state index is -4.46. The molecule has 0 bridgehead atoms. The highest BCUT2D eigenvalue weighted by atomic mass is 19.4. The summed E-state index contributed by atoms with van der Waals surface area (Å²) in [7, 11) is 0. The fourth-order valence-electron chi connectivity index (χ4n) is 3.63. The molecule has 0 saturated heterocycles. The molecule has 0 spiro atoms. The number of nitrogens with zero attached hydrogens (tertiary/aromatic N) is 2. The van der Waals surface area contributed by atoms with E-state index < -0.39 is 18.0 Å². The third-order valence-corrected chi connectivity index (χ3v) is 4.95. The Hall–Kier alpha value is -2.71. The minimum absolute atomic E-state index is 0.0816. The molecule has 28 heavy (non-hydrogen) atoms. The number of carbonyl (C=O) groups is 1. The number of benzene rings is 1. The van der Waals surface area contributed by atoms with Gasteiger partial charge in [-0.2, -0.15) is 18.3 Å². The van der Waals surface area contributed by atoms with Gasteiger partial charge in [-0.1, -0.05) is 12.1 Å². The summed E-state index contributed by atoms with van der Waals surface area (Å²) in [5, 5.41) is 6.49. The molecule has 1 N–H and O–H groups in total. The van der Waals surface area contributed by atoms with E-state index in [0.717, 1.165) is 12.8 Å². The van der Waals surface area contributed by atoms with Crippen molar-refractivity contribution < 1.29 is 27.4 Å². The van der Waals surface area contributed by atoms with Crippen molar-refractivity contribution in [1.29, 1.82) is 0 Å². The van der Waals surface area contributed by atoms with Crippen LogP contribution in [0, 0.1) is 0 Å². The molecule has 1 aliphatic heterocycles. The molecule has 1 aliphatic carbocycles. The molecule has 2 aliphatic rings. The van der Waals surface area contributed by atoms with Crippen LogP contribution in [0.15, 0.2) is 24.3 Å². The van der Waals surface area contributed by atoms with Gasteiger partial charge in [-0.05, 0) is 37.8 Å². The lowest BCUT2D eigenvalue weighted by molar-refractivity contribution is -0.142. The summed E-state index contributed by atoms with van der Waals surface area (Å²) in [6.45, 7) is 0.415. The fourth-order valence-corrected chi connectivity index (χ4v) is 3.63. The van der Waals surface area contributed by atoms with Gasteiger partial charge in [0.05, 0.1) is 6.54 Å². The van der Waals surface area contributed by atoms with E-state index >= 15 is 0 Å². The number of hydrogen-bond acceptors (Lipinski definition) is 4. The van der Waals surface area contributed by atoms with Gasteiger partial charge in [-0.15, -0.1) is 0 Å². The van der Waals surface area contributed by atoms with Gasteiger partial charge in [0.2, 0.25) is 6.10 Å². The number of alkyl halides is 3. The van der Waals surface area contributed by atoms with Crippen LogP contribution in [0.1, 0.15) is 29.8 Å². The Labute approximate surface area is 159 Å². The summed E-state index contributed by atoms with van der Waals surface area (Å²) in [4.78, 5) is 12.3. The second-order valence-electron chi connectivity index (χ2n) is 6.86.